The third kappa shape index (κ3) is 3.94. The average Bonchev–Trinajstić information content (AvgIpc) is 3.22. The number of nitrogens with one attached hydrogen (secondary N) is 1. The number of amides is 2. The molecule has 1 atom stereocenters. The molecule has 1 N–H and O–H groups in total. The van der Waals surface area contributed by atoms with E-state index in [9.17, 15) is 18.0 Å². The number of carbonyl (C=O) groups excluding carboxylic acids is 2. The van der Waals surface area contributed by atoms with Gasteiger partial charge in [-0.15, -0.1) is 11.3 Å². The first-order chi connectivity index (χ1) is 14.3. The maximum atomic E-state index is 13.3. The van der Waals surface area contributed by atoms with Gasteiger partial charge in [0.05, 0.1) is 17.0 Å². The predicted octanol–water partition coefficient (Wildman–Crippen LogP) is 1.85. The van der Waals surface area contributed by atoms with Crippen molar-refractivity contribution in [2.75, 3.05) is 31.5 Å². The van der Waals surface area contributed by atoms with Gasteiger partial charge >= 0.3 is 0 Å². The summed E-state index contributed by atoms with van der Waals surface area (Å²) >= 11 is 1.54. The normalized spacial score (nSPS) is 19.7. The molecule has 0 saturated carbocycles. The van der Waals surface area contributed by atoms with Gasteiger partial charge in [0.2, 0.25) is 15.9 Å². The van der Waals surface area contributed by atoms with Crippen LogP contribution in [0.1, 0.15) is 17.4 Å². The Hall–Kier alpha value is -2.43. The van der Waals surface area contributed by atoms with E-state index < -0.39 is 16.1 Å². The average molecular weight is 450 g/mol. The molecule has 2 amide bonds. The standard InChI is InChI=1S/C20H23N3O5S2/c1-13-10-16-17(28-14(2)20(25)21-16)12-18(13)30(26,27)23-7-5-22(6-8-23)19(24)11-15-4-3-9-29-15/h3-4,9-10,12,14H,5-8,11H2,1-2H3,(H,21,25)/t14-/m0/s1. The quantitative estimate of drug-likeness (QED) is 0.769. The van der Waals surface area contributed by atoms with Crippen LogP contribution in [-0.4, -0.2) is 61.7 Å². The molecule has 30 heavy (non-hydrogen) atoms. The molecule has 10 heteroatoms. The number of piperazine rings is 1. The number of rotatable bonds is 4. The monoisotopic (exact) mass is 449 g/mol. The summed E-state index contributed by atoms with van der Waals surface area (Å²) in [6.45, 7) is 4.50. The van der Waals surface area contributed by atoms with Gasteiger partial charge in [-0.2, -0.15) is 4.31 Å². The topological polar surface area (TPSA) is 96.0 Å². The van der Waals surface area contributed by atoms with E-state index in [1.807, 2.05) is 17.5 Å². The second kappa shape index (κ2) is 8.01. The highest BCUT2D eigenvalue weighted by Crippen LogP contribution is 2.35. The summed E-state index contributed by atoms with van der Waals surface area (Å²) in [6.07, 6.45) is -0.344. The molecule has 2 aliphatic heterocycles. The number of sulfonamides is 1. The van der Waals surface area contributed by atoms with Gasteiger partial charge in [0.25, 0.3) is 5.91 Å². The summed E-state index contributed by atoms with van der Waals surface area (Å²) in [4.78, 5) is 27.1. The third-order valence-corrected chi connectivity index (χ3v) is 8.24. The Morgan fingerprint density at radius 2 is 2.00 bits per heavy atom. The van der Waals surface area contributed by atoms with E-state index in [0.717, 1.165) is 4.88 Å². The van der Waals surface area contributed by atoms with E-state index in [1.165, 1.54) is 21.7 Å². The molecule has 0 aliphatic carbocycles. The predicted molar refractivity (Wildman–Crippen MR) is 113 cm³/mol. The van der Waals surface area contributed by atoms with Crippen molar-refractivity contribution in [3.63, 3.8) is 0 Å². The van der Waals surface area contributed by atoms with Crippen molar-refractivity contribution in [2.24, 2.45) is 0 Å². The van der Waals surface area contributed by atoms with Crippen molar-refractivity contribution in [2.45, 2.75) is 31.3 Å². The van der Waals surface area contributed by atoms with Gasteiger partial charge in [-0.1, -0.05) is 6.07 Å². The molecule has 3 heterocycles. The Kier molecular flexibility index (Phi) is 5.56. The number of carbonyl (C=O) groups is 2. The number of anilines is 1. The molecule has 0 bridgehead atoms. The molecule has 1 fully saturated rings. The molecule has 2 aliphatic rings. The van der Waals surface area contributed by atoms with Gasteiger partial charge in [0.1, 0.15) is 5.75 Å². The lowest BCUT2D eigenvalue weighted by Gasteiger charge is -2.34. The Balaban J connectivity index is 1.48. The smallest absolute Gasteiger partial charge is 0.265 e. The maximum absolute atomic E-state index is 13.3. The zero-order valence-electron chi connectivity index (χ0n) is 16.8. The molecule has 2 aromatic rings. The molecule has 1 aromatic carbocycles. The van der Waals surface area contributed by atoms with Crippen molar-refractivity contribution in [3.05, 3.63) is 40.1 Å². The first kappa shape index (κ1) is 20.8. The van der Waals surface area contributed by atoms with Crippen LogP contribution in [0.4, 0.5) is 5.69 Å². The number of benzene rings is 1. The van der Waals surface area contributed by atoms with Crippen LogP contribution >= 0.6 is 11.3 Å². The lowest BCUT2D eigenvalue weighted by atomic mass is 10.1. The van der Waals surface area contributed by atoms with Crippen LogP contribution in [0.5, 0.6) is 5.75 Å². The largest absolute Gasteiger partial charge is 0.479 e. The molecule has 1 aromatic heterocycles. The fraction of sp³-hybridized carbons (Fsp3) is 0.400. The van der Waals surface area contributed by atoms with Crippen LogP contribution in [0, 0.1) is 6.92 Å². The van der Waals surface area contributed by atoms with Crippen molar-refractivity contribution >= 4 is 38.9 Å². The maximum Gasteiger partial charge on any atom is 0.265 e. The highest BCUT2D eigenvalue weighted by atomic mass is 32.2. The number of ether oxygens (including phenoxy) is 1. The molecule has 0 spiro atoms. The number of hydrogen-bond donors (Lipinski definition) is 1. The van der Waals surface area contributed by atoms with Crippen LogP contribution in [-0.2, 0) is 26.0 Å². The third-order valence-electron chi connectivity index (χ3n) is 5.32. The minimum absolute atomic E-state index is 0.0117. The second-order valence-corrected chi connectivity index (χ2v) is 10.3. The number of aryl methyl sites for hydroxylation is 1. The summed E-state index contributed by atoms with van der Waals surface area (Å²) in [5.74, 6) is 0.0921. The second-order valence-electron chi connectivity index (χ2n) is 7.40. The number of thiophene rings is 1. The van der Waals surface area contributed by atoms with Gasteiger partial charge in [-0.05, 0) is 36.9 Å². The first-order valence-corrected chi connectivity index (χ1v) is 12.0. The van der Waals surface area contributed by atoms with Crippen LogP contribution in [0.25, 0.3) is 0 Å². The van der Waals surface area contributed by atoms with Gasteiger partial charge in [-0.25, -0.2) is 8.42 Å². The van der Waals surface area contributed by atoms with Crippen molar-refractivity contribution in [1.82, 2.24) is 9.21 Å². The Labute approximate surface area is 179 Å². The minimum Gasteiger partial charge on any atom is -0.479 e. The summed E-state index contributed by atoms with van der Waals surface area (Å²) in [7, 11) is -3.75. The van der Waals surface area contributed by atoms with Crippen LogP contribution in [0.2, 0.25) is 0 Å². The molecule has 8 nitrogen and oxygen atoms in total. The first-order valence-electron chi connectivity index (χ1n) is 9.68. The SMILES string of the molecule is Cc1cc2c(cc1S(=O)(=O)N1CCN(C(=O)Cc3cccs3)CC1)O[C@@H](C)C(=O)N2. The van der Waals surface area contributed by atoms with E-state index in [0.29, 0.717) is 36.5 Å². The van der Waals surface area contributed by atoms with Crippen LogP contribution in [0.3, 0.4) is 0 Å². The van der Waals surface area contributed by atoms with Gasteiger partial charge < -0.3 is 15.0 Å². The van der Waals surface area contributed by atoms with E-state index in [2.05, 4.69) is 5.32 Å². The molecule has 1 saturated heterocycles. The summed E-state index contributed by atoms with van der Waals surface area (Å²) < 4.78 is 33.5. The molecule has 0 unspecified atom stereocenters. The van der Waals surface area contributed by atoms with Crippen LogP contribution in [0.15, 0.2) is 34.5 Å². The van der Waals surface area contributed by atoms with E-state index in [-0.39, 0.29) is 29.8 Å². The van der Waals surface area contributed by atoms with Crippen LogP contribution < -0.4 is 10.1 Å². The highest BCUT2D eigenvalue weighted by Gasteiger charge is 2.33. The summed E-state index contributed by atoms with van der Waals surface area (Å²) in [6, 6.07) is 6.93. The van der Waals surface area contributed by atoms with Crippen molar-refractivity contribution < 1.29 is 22.7 Å². The minimum atomic E-state index is -3.75. The summed E-state index contributed by atoms with van der Waals surface area (Å²) in [5, 5.41) is 4.66. The molecule has 160 valence electrons. The van der Waals surface area contributed by atoms with Crippen molar-refractivity contribution in [3.8, 4) is 5.75 Å². The fourth-order valence-electron chi connectivity index (χ4n) is 3.61. The number of fused-ring (bicyclic) bond motifs is 1. The fourth-order valence-corrected chi connectivity index (χ4v) is 5.95. The molecule has 4 rings (SSSR count). The molecular formula is C20H23N3O5S2. The number of nitrogens with zero attached hydrogens (tertiary/aromatic N) is 2. The van der Waals surface area contributed by atoms with E-state index in [4.69, 9.17) is 4.74 Å². The Bertz CT molecular complexity index is 1070. The number of hydrogen-bond acceptors (Lipinski definition) is 6. The highest BCUT2D eigenvalue weighted by molar-refractivity contribution is 7.89. The lowest BCUT2D eigenvalue weighted by Crippen LogP contribution is -2.50. The van der Waals surface area contributed by atoms with E-state index >= 15 is 0 Å². The Morgan fingerprint density at radius 3 is 2.67 bits per heavy atom. The molecular weight excluding hydrogens is 426 g/mol. The zero-order valence-corrected chi connectivity index (χ0v) is 18.4. The molecule has 0 radical (unpaired) electrons. The van der Waals surface area contributed by atoms with E-state index in [1.54, 1.807) is 24.8 Å². The van der Waals surface area contributed by atoms with Gasteiger partial charge in [-0.3, -0.25) is 9.59 Å². The summed E-state index contributed by atoms with van der Waals surface area (Å²) in [5.41, 5.74) is 1.00. The Morgan fingerprint density at radius 1 is 1.27 bits per heavy atom. The van der Waals surface area contributed by atoms with Crippen molar-refractivity contribution in [1.29, 1.82) is 0 Å². The zero-order chi connectivity index (χ0) is 21.5. The lowest BCUT2D eigenvalue weighted by molar-refractivity contribution is -0.131. The van der Waals surface area contributed by atoms with Gasteiger partial charge in [0, 0.05) is 37.1 Å². The van der Waals surface area contributed by atoms with Gasteiger partial charge in [0.15, 0.2) is 6.10 Å².